The molecule has 1 aromatic heterocycles. The van der Waals surface area contributed by atoms with Crippen LogP contribution in [-0.2, 0) is 0 Å². The summed E-state index contributed by atoms with van der Waals surface area (Å²) in [5, 5.41) is 3.83. The Balaban J connectivity index is 2.21. The lowest BCUT2D eigenvalue weighted by Gasteiger charge is -2.17. The monoisotopic (exact) mass is 325 g/mol. The largest absolute Gasteiger partial charge is 0.398 e. The fourth-order valence-electron chi connectivity index (χ4n) is 1.71. The molecule has 2 rings (SSSR count). The normalized spacial score (nSPS) is 12.2. The topological polar surface area (TPSA) is 50.9 Å². The molecule has 3 N–H and O–H groups in total. The first kappa shape index (κ1) is 13.2. The Labute approximate surface area is 119 Å². The van der Waals surface area contributed by atoms with Crippen molar-refractivity contribution in [3.8, 4) is 0 Å². The molecule has 0 radical (unpaired) electrons. The van der Waals surface area contributed by atoms with Gasteiger partial charge in [0, 0.05) is 16.4 Å². The number of benzene rings is 1. The van der Waals surface area contributed by atoms with Crippen LogP contribution in [0.15, 0.2) is 41.0 Å². The lowest BCUT2D eigenvalue weighted by molar-refractivity contribution is 0.877. The molecule has 1 unspecified atom stereocenters. The van der Waals surface area contributed by atoms with Crippen molar-refractivity contribution in [3.05, 3.63) is 51.6 Å². The van der Waals surface area contributed by atoms with Gasteiger partial charge in [-0.3, -0.25) is 0 Å². The zero-order valence-electron chi connectivity index (χ0n) is 9.82. The molecule has 18 heavy (non-hydrogen) atoms. The summed E-state index contributed by atoms with van der Waals surface area (Å²) in [4.78, 5) is 4.24. The van der Waals surface area contributed by atoms with E-state index in [9.17, 15) is 0 Å². The first-order chi connectivity index (χ1) is 8.58. The quantitative estimate of drug-likeness (QED) is 0.829. The van der Waals surface area contributed by atoms with Gasteiger partial charge in [-0.2, -0.15) is 0 Å². The van der Waals surface area contributed by atoms with Gasteiger partial charge in [0.1, 0.15) is 5.82 Å². The molecule has 1 atom stereocenters. The predicted octanol–water partition coefficient (Wildman–Crippen LogP) is 4.25. The molecule has 2 aromatic rings. The van der Waals surface area contributed by atoms with E-state index in [-0.39, 0.29) is 6.04 Å². The average molecular weight is 327 g/mol. The summed E-state index contributed by atoms with van der Waals surface area (Å²) >= 11 is 9.44. The summed E-state index contributed by atoms with van der Waals surface area (Å²) in [6.07, 6.45) is 1.70. The van der Waals surface area contributed by atoms with E-state index in [1.54, 1.807) is 12.3 Å². The van der Waals surface area contributed by atoms with Crippen molar-refractivity contribution >= 4 is 39.0 Å². The summed E-state index contributed by atoms with van der Waals surface area (Å²) in [7, 11) is 0. The number of para-hydroxylation sites is 1. The van der Waals surface area contributed by atoms with Crippen LogP contribution in [0.25, 0.3) is 0 Å². The Kier molecular flexibility index (Phi) is 4.09. The van der Waals surface area contributed by atoms with Crippen LogP contribution in [0, 0.1) is 0 Å². The van der Waals surface area contributed by atoms with Crippen molar-refractivity contribution in [2.75, 3.05) is 11.1 Å². The van der Waals surface area contributed by atoms with E-state index in [0.29, 0.717) is 10.8 Å². The molecule has 94 valence electrons. The summed E-state index contributed by atoms with van der Waals surface area (Å²) in [6, 6.07) is 9.58. The molecule has 0 amide bonds. The number of halogens is 2. The molecule has 0 spiro atoms. The number of hydrogen-bond donors (Lipinski definition) is 2. The van der Waals surface area contributed by atoms with Crippen LogP contribution < -0.4 is 11.1 Å². The van der Waals surface area contributed by atoms with E-state index in [0.717, 1.165) is 15.7 Å². The van der Waals surface area contributed by atoms with E-state index in [4.69, 9.17) is 17.3 Å². The highest BCUT2D eigenvalue weighted by atomic mass is 79.9. The molecule has 0 saturated carbocycles. The average Bonchev–Trinajstić information content (AvgIpc) is 2.33. The van der Waals surface area contributed by atoms with Gasteiger partial charge in [0.15, 0.2) is 0 Å². The van der Waals surface area contributed by atoms with Gasteiger partial charge in [-0.25, -0.2) is 4.98 Å². The summed E-state index contributed by atoms with van der Waals surface area (Å²) in [5.74, 6) is 0.649. The maximum Gasteiger partial charge on any atom is 0.145 e. The van der Waals surface area contributed by atoms with E-state index in [2.05, 4.69) is 26.2 Å². The zero-order valence-corrected chi connectivity index (χ0v) is 12.2. The van der Waals surface area contributed by atoms with E-state index in [1.807, 2.05) is 31.2 Å². The number of pyridine rings is 1. The minimum Gasteiger partial charge on any atom is -0.398 e. The standard InChI is InChI=1S/C13H13BrClN3/c1-8(10-4-2-3-5-12(10)16)18-13-11(15)6-9(14)7-17-13/h2-8H,16H2,1H3,(H,17,18). The lowest BCUT2D eigenvalue weighted by Crippen LogP contribution is -2.10. The minimum atomic E-state index is 0.0392. The number of hydrogen-bond acceptors (Lipinski definition) is 3. The van der Waals surface area contributed by atoms with Gasteiger partial charge in [0.05, 0.1) is 11.1 Å². The number of nitrogens with one attached hydrogen (secondary N) is 1. The van der Waals surface area contributed by atoms with Crippen molar-refractivity contribution in [2.24, 2.45) is 0 Å². The molecule has 1 aromatic carbocycles. The smallest absolute Gasteiger partial charge is 0.145 e. The third kappa shape index (κ3) is 2.94. The van der Waals surface area contributed by atoms with Crippen LogP contribution in [0.4, 0.5) is 11.5 Å². The maximum atomic E-state index is 6.11. The number of rotatable bonds is 3. The highest BCUT2D eigenvalue weighted by Gasteiger charge is 2.11. The third-order valence-electron chi connectivity index (χ3n) is 2.62. The van der Waals surface area contributed by atoms with Gasteiger partial charge in [-0.15, -0.1) is 0 Å². The minimum absolute atomic E-state index is 0.0392. The number of nitrogen functional groups attached to an aromatic ring is 1. The van der Waals surface area contributed by atoms with E-state index in [1.165, 1.54) is 0 Å². The van der Waals surface area contributed by atoms with Crippen molar-refractivity contribution in [3.63, 3.8) is 0 Å². The molecule has 0 aliphatic heterocycles. The summed E-state index contributed by atoms with van der Waals surface area (Å²) in [6.45, 7) is 2.02. The number of nitrogens with two attached hydrogens (primary N) is 1. The Morgan fingerprint density at radius 2 is 2.11 bits per heavy atom. The fraction of sp³-hybridized carbons (Fsp3) is 0.154. The fourth-order valence-corrected chi connectivity index (χ4v) is 2.39. The molecule has 1 heterocycles. The van der Waals surface area contributed by atoms with Crippen molar-refractivity contribution in [2.45, 2.75) is 13.0 Å². The molecule has 3 nitrogen and oxygen atoms in total. The molecule has 0 aliphatic carbocycles. The predicted molar refractivity (Wildman–Crippen MR) is 79.8 cm³/mol. The molecule has 0 saturated heterocycles. The van der Waals surface area contributed by atoms with Gasteiger partial charge in [0.2, 0.25) is 0 Å². The van der Waals surface area contributed by atoms with Crippen LogP contribution >= 0.6 is 27.5 Å². The van der Waals surface area contributed by atoms with Crippen molar-refractivity contribution < 1.29 is 0 Å². The van der Waals surface area contributed by atoms with Crippen LogP contribution in [0.1, 0.15) is 18.5 Å². The number of nitrogens with zero attached hydrogens (tertiary/aromatic N) is 1. The second-order valence-corrected chi connectivity index (χ2v) is 5.30. The van der Waals surface area contributed by atoms with Crippen LogP contribution in [0.3, 0.4) is 0 Å². The SMILES string of the molecule is CC(Nc1ncc(Br)cc1Cl)c1ccccc1N. The van der Waals surface area contributed by atoms with Crippen LogP contribution in [0.2, 0.25) is 5.02 Å². The Hall–Kier alpha value is -1.26. The highest BCUT2D eigenvalue weighted by molar-refractivity contribution is 9.10. The summed E-state index contributed by atoms with van der Waals surface area (Å²) in [5.41, 5.74) is 7.72. The van der Waals surface area contributed by atoms with Gasteiger partial charge >= 0.3 is 0 Å². The number of anilines is 2. The zero-order chi connectivity index (χ0) is 13.1. The second-order valence-electron chi connectivity index (χ2n) is 3.98. The number of aromatic nitrogens is 1. The molecular formula is C13H13BrClN3. The second kappa shape index (κ2) is 5.59. The van der Waals surface area contributed by atoms with Gasteiger partial charge in [0.25, 0.3) is 0 Å². The van der Waals surface area contributed by atoms with Crippen molar-refractivity contribution in [1.29, 1.82) is 0 Å². The van der Waals surface area contributed by atoms with E-state index >= 15 is 0 Å². The maximum absolute atomic E-state index is 6.11. The molecular weight excluding hydrogens is 314 g/mol. The van der Waals surface area contributed by atoms with Gasteiger partial charge < -0.3 is 11.1 Å². The lowest BCUT2D eigenvalue weighted by atomic mass is 10.1. The molecule has 0 aliphatic rings. The van der Waals surface area contributed by atoms with Crippen molar-refractivity contribution in [1.82, 2.24) is 4.98 Å². The summed E-state index contributed by atoms with van der Waals surface area (Å²) < 4.78 is 0.852. The highest BCUT2D eigenvalue weighted by Crippen LogP contribution is 2.28. The molecule has 5 heteroatoms. The van der Waals surface area contributed by atoms with Crippen LogP contribution in [0.5, 0.6) is 0 Å². The van der Waals surface area contributed by atoms with E-state index < -0.39 is 0 Å². The van der Waals surface area contributed by atoms with Gasteiger partial charge in [-0.1, -0.05) is 29.8 Å². The Bertz CT molecular complexity index is 560. The van der Waals surface area contributed by atoms with Crippen LogP contribution in [-0.4, -0.2) is 4.98 Å². The first-order valence-electron chi connectivity index (χ1n) is 5.50. The third-order valence-corrected chi connectivity index (χ3v) is 3.35. The van der Waals surface area contributed by atoms with Gasteiger partial charge in [-0.05, 0) is 40.5 Å². The Morgan fingerprint density at radius 1 is 1.39 bits per heavy atom. The first-order valence-corrected chi connectivity index (χ1v) is 6.67. The molecule has 0 bridgehead atoms. The molecule has 0 fully saturated rings. The Morgan fingerprint density at radius 3 is 2.78 bits per heavy atom.